The highest BCUT2D eigenvalue weighted by Crippen LogP contribution is 2.41. The molecule has 3 heteroatoms. The lowest BCUT2D eigenvalue weighted by Crippen LogP contribution is -2.24. The van der Waals surface area contributed by atoms with E-state index in [1.54, 1.807) is 14.2 Å². The molecule has 1 N–H and O–H groups in total. The smallest absolute Gasteiger partial charge is 0.160 e. The van der Waals surface area contributed by atoms with Crippen LogP contribution in [0.3, 0.4) is 0 Å². The first-order valence-corrected chi connectivity index (χ1v) is 7.22. The van der Waals surface area contributed by atoms with Crippen LogP contribution in [-0.4, -0.2) is 27.3 Å². The van der Waals surface area contributed by atoms with E-state index < -0.39 is 0 Å². The fraction of sp³-hybridized carbons (Fsp3) is 0.625. The first-order valence-electron chi connectivity index (χ1n) is 7.22. The van der Waals surface area contributed by atoms with Crippen LogP contribution >= 0.6 is 0 Å². The Morgan fingerprint density at radius 1 is 1.16 bits per heavy atom. The van der Waals surface area contributed by atoms with Gasteiger partial charge in [-0.05, 0) is 55.5 Å². The number of methoxy groups -OCH3 is 2. The highest BCUT2D eigenvalue weighted by molar-refractivity contribution is 5.44. The topological polar surface area (TPSA) is 30.5 Å². The van der Waals surface area contributed by atoms with Gasteiger partial charge in [0.25, 0.3) is 0 Å². The molecule has 0 bridgehead atoms. The average Bonchev–Trinajstić information content (AvgIpc) is 2.92. The largest absolute Gasteiger partial charge is 0.493 e. The van der Waals surface area contributed by atoms with Crippen molar-refractivity contribution in [3.8, 4) is 11.5 Å². The van der Waals surface area contributed by atoms with Gasteiger partial charge in [-0.2, -0.15) is 0 Å². The van der Waals surface area contributed by atoms with E-state index in [2.05, 4.69) is 24.4 Å². The molecule has 2 unspecified atom stereocenters. The van der Waals surface area contributed by atoms with Gasteiger partial charge in [0, 0.05) is 0 Å². The Labute approximate surface area is 116 Å². The van der Waals surface area contributed by atoms with Gasteiger partial charge in [0.2, 0.25) is 0 Å². The molecule has 1 aromatic rings. The summed E-state index contributed by atoms with van der Waals surface area (Å²) < 4.78 is 10.7. The summed E-state index contributed by atoms with van der Waals surface area (Å²) in [5.41, 5.74) is 1.39. The van der Waals surface area contributed by atoms with Crippen molar-refractivity contribution in [2.75, 3.05) is 27.3 Å². The van der Waals surface area contributed by atoms with Crippen LogP contribution in [0.5, 0.6) is 11.5 Å². The molecule has 0 saturated heterocycles. The van der Waals surface area contributed by atoms with Crippen LogP contribution in [0, 0.1) is 5.92 Å². The van der Waals surface area contributed by atoms with Gasteiger partial charge in [0.05, 0.1) is 14.2 Å². The van der Waals surface area contributed by atoms with Gasteiger partial charge >= 0.3 is 0 Å². The number of ether oxygens (including phenoxy) is 2. The summed E-state index contributed by atoms with van der Waals surface area (Å²) >= 11 is 0. The number of rotatable bonds is 6. The van der Waals surface area contributed by atoms with Crippen LogP contribution in [-0.2, 0) is 0 Å². The lowest BCUT2D eigenvalue weighted by molar-refractivity contribution is 0.353. The van der Waals surface area contributed by atoms with E-state index in [0.717, 1.165) is 30.5 Å². The maximum atomic E-state index is 5.41. The van der Waals surface area contributed by atoms with Crippen LogP contribution < -0.4 is 14.8 Å². The lowest BCUT2D eigenvalue weighted by atomic mass is 9.88. The van der Waals surface area contributed by atoms with Gasteiger partial charge in [-0.25, -0.2) is 0 Å². The van der Waals surface area contributed by atoms with Crippen molar-refractivity contribution in [3.63, 3.8) is 0 Å². The lowest BCUT2D eigenvalue weighted by Gasteiger charge is -2.21. The van der Waals surface area contributed by atoms with Crippen molar-refractivity contribution in [2.45, 2.75) is 32.1 Å². The SMILES string of the molecule is CCNCC1CCCC1c1ccc(OC)c(OC)c1. The number of hydrogen-bond acceptors (Lipinski definition) is 3. The van der Waals surface area contributed by atoms with Gasteiger partial charge in [-0.15, -0.1) is 0 Å². The van der Waals surface area contributed by atoms with Crippen molar-refractivity contribution in [3.05, 3.63) is 23.8 Å². The number of nitrogens with one attached hydrogen (secondary N) is 1. The zero-order valence-corrected chi connectivity index (χ0v) is 12.2. The summed E-state index contributed by atoms with van der Waals surface area (Å²) in [5, 5.41) is 3.49. The fourth-order valence-corrected chi connectivity index (χ4v) is 3.13. The quantitative estimate of drug-likeness (QED) is 0.855. The first-order chi connectivity index (χ1) is 9.30. The Kier molecular flexibility index (Phi) is 5.08. The fourth-order valence-electron chi connectivity index (χ4n) is 3.13. The number of benzene rings is 1. The zero-order chi connectivity index (χ0) is 13.7. The van der Waals surface area contributed by atoms with Crippen molar-refractivity contribution >= 4 is 0 Å². The van der Waals surface area contributed by atoms with Crippen LogP contribution in [0.25, 0.3) is 0 Å². The third-order valence-corrected chi connectivity index (χ3v) is 4.15. The Balaban J connectivity index is 2.16. The van der Waals surface area contributed by atoms with Crippen LogP contribution in [0.4, 0.5) is 0 Å². The molecule has 1 aromatic carbocycles. The van der Waals surface area contributed by atoms with Crippen LogP contribution in [0.2, 0.25) is 0 Å². The van der Waals surface area contributed by atoms with E-state index in [1.165, 1.54) is 24.8 Å². The van der Waals surface area contributed by atoms with Gasteiger partial charge in [0.1, 0.15) is 0 Å². The van der Waals surface area contributed by atoms with Gasteiger partial charge < -0.3 is 14.8 Å². The van der Waals surface area contributed by atoms with E-state index in [9.17, 15) is 0 Å². The van der Waals surface area contributed by atoms with Gasteiger partial charge in [0.15, 0.2) is 11.5 Å². The maximum absolute atomic E-state index is 5.41. The summed E-state index contributed by atoms with van der Waals surface area (Å²) in [7, 11) is 3.38. The second-order valence-electron chi connectivity index (χ2n) is 5.22. The number of hydrogen-bond donors (Lipinski definition) is 1. The van der Waals surface area contributed by atoms with Gasteiger partial charge in [-0.3, -0.25) is 0 Å². The van der Waals surface area contributed by atoms with Crippen molar-refractivity contribution in [1.29, 1.82) is 0 Å². The van der Waals surface area contributed by atoms with Crippen LogP contribution in [0.1, 0.15) is 37.7 Å². The Morgan fingerprint density at radius 3 is 2.63 bits per heavy atom. The van der Waals surface area contributed by atoms with Crippen molar-refractivity contribution in [1.82, 2.24) is 5.32 Å². The second kappa shape index (κ2) is 6.80. The van der Waals surface area contributed by atoms with Crippen molar-refractivity contribution in [2.24, 2.45) is 5.92 Å². The molecule has 0 amide bonds. The molecule has 0 heterocycles. The summed E-state index contributed by atoms with van der Waals surface area (Å²) in [6.07, 6.45) is 3.94. The maximum Gasteiger partial charge on any atom is 0.160 e. The monoisotopic (exact) mass is 263 g/mol. The molecule has 1 saturated carbocycles. The third-order valence-electron chi connectivity index (χ3n) is 4.15. The molecule has 0 aliphatic heterocycles. The Morgan fingerprint density at radius 2 is 1.95 bits per heavy atom. The molecule has 19 heavy (non-hydrogen) atoms. The van der Waals surface area contributed by atoms with E-state index in [0.29, 0.717) is 5.92 Å². The highest BCUT2D eigenvalue weighted by Gasteiger charge is 2.28. The Hall–Kier alpha value is -1.22. The predicted octanol–water partition coefficient (Wildman–Crippen LogP) is 3.20. The molecule has 1 fully saturated rings. The molecule has 0 aromatic heterocycles. The third kappa shape index (κ3) is 3.21. The minimum atomic E-state index is 0.652. The molecule has 0 spiro atoms. The van der Waals surface area contributed by atoms with Crippen molar-refractivity contribution < 1.29 is 9.47 Å². The molecule has 1 aliphatic rings. The van der Waals surface area contributed by atoms with E-state index in [4.69, 9.17) is 9.47 Å². The summed E-state index contributed by atoms with van der Waals surface area (Å²) in [6.45, 7) is 4.34. The molecule has 106 valence electrons. The van der Waals surface area contributed by atoms with E-state index >= 15 is 0 Å². The standard InChI is InChI=1S/C16H25NO2/c1-4-17-11-13-6-5-7-14(13)12-8-9-15(18-2)16(10-12)19-3/h8-10,13-14,17H,4-7,11H2,1-3H3. The molecule has 3 nitrogen and oxygen atoms in total. The Bertz CT molecular complexity index is 406. The normalized spacial score (nSPS) is 22.5. The second-order valence-corrected chi connectivity index (χ2v) is 5.22. The molecule has 2 atom stereocenters. The highest BCUT2D eigenvalue weighted by atomic mass is 16.5. The average molecular weight is 263 g/mol. The molecule has 0 radical (unpaired) electrons. The molecular formula is C16H25NO2. The van der Waals surface area contributed by atoms with Crippen LogP contribution in [0.15, 0.2) is 18.2 Å². The van der Waals surface area contributed by atoms with Gasteiger partial charge in [-0.1, -0.05) is 19.4 Å². The minimum Gasteiger partial charge on any atom is -0.493 e. The minimum absolute atomic E-state index is 0.652. The zero-order valence-electron chi connectivity index (χ0n) is 12.2. The predicted molar refractivity (Wildman–Crippen MR) is 78.2 cm³/mol. The summed E-state index contributed by atoms with van der Waals surface area (Å²) in [4.78, 5) is 0. The molecule has 1 aliphatic carbocycles. The van der Waals surface area contributed by atoms with E-state index in [-0.39, 0.29) is 0 Å². The molecular weight excluding hydrogens is 238 g/mol. The van der Waals surface area contributed by atoms with E-state index in [1.807, 2.05) is 6.07 Å². The first kappa shape index (κ1) is 14.2. The molecule has 2 rings (SSSR count). The summed E-state index contributed by atoms with van der Waals surface area (Å²) in [6, 6.07) is 6.36. The summed E-state index contributed by atoms with van der Waals surface area (Å²) in [5.74, 6) is 3.05.